The van der Waals surface area contributed by atoms with Crippen molar-refractivity contribution in [1.29, 1.82) is 0 Å². The molecule has 1 aromatic heterocycles. The third-order valence-corrected chi connectivity index (χ3v) is 4.24. The first-order chi connectivity index (χ1) is 13.5. The zero-order valence-electron chi connectivity index (χ0n) is 15.6. The van der Waals surface area contributed by atoms with Crippen molar-refractivity contribution in [3.63, 3.8) is 0 Å². The molecule has 0 atom stereocenters. The van der Waals surface area contributed by atoms with Gasteiger partial charge in [0.25, 0.3) is 0 Å². The van der Waals surface area contributed by atoms with E-state index in [0.717, 1.165) is 5.56 Å². The predicted molar refractivity (Wildman–Crippen MR) is 105 cm³/mol. The molecule has 7 nitrogen and oxygen atoms in total. The second kappa shape index (κ2) is 8.67. The monoisotopic (exact) mass is 402 g/mol. The number of carbonyl (C=O) groups is 1. The summed E-state index contributed by atoms with van der Waals surface area (Å²) in [6.07, 6.45) is 0.0342. The molecule has 0 fully saturated rings. The van der Waals surface area contributed by atoms with Gasteiger partial charge in [-0.05, 0) is 36.4 Å². The first-order valence-corrected chi connectivity index (χ1v) is 8.73. The SMILES string of the molecule is COc1ccc(Cl)cc1NC(=O)Cc1cc(-c2ccc(OC)c(OC)c2)on1. The highest BCUT2D eigenvalue weighted by molar-refractivity contribution is 6.31. The van der Waals surface area contributed by atoms with Crippen LogP contribution >= 0.6 is 11.6 Å². The summed E-state index contributed by atoms with van der Waals surface area (Å²) in [6, 6.07) is 12.1. The Morgan fingerprint density at radius 3 is 2.43 bits per heavy atom. The van der Waals surface area contributed by atoms with Crippen LogP contribution in [0.25, 0.3) is 11.3 Å². The highest BCUT2D eigenvalue weighted by Gasteiger charge is 2.14. The van der Waals surface area contributed by atoms with E-state index < -0.39 is 0 Å². The number of ether oxygens (including phenoxy) is 3. The van der Waals surface area contributed by atoms with Crippen LogP contribution in [0, 0.1) is 0 Å². The number of rotatable bonds is 7. The normalized spacial score (nSPS) is 10.4. The van der Waals surface area contributed by atoms with Crippen LogP contribution in [-0.2, 0) is 11.2 Å². The number of hydrogen-bond acceptors (Lipinski definition) is 6. The molecule has 0 aliphatic rings. The Hall–Kier alpha value is -3.19. The Balaban J connectivity index is 1.73. The lowest BCUT2D eigenvalue weighted by Gasteiger charge is -2.09. The lowest BCUT2D eigenvalue weighted by molar-refractivity contribution is -0.115. The molecule has 0 aliphatic carbocycles. The van der Waals surface area contributed by atoms with Crippen molar-refractivity contribution in [2.45, 2.75) is 6.42 Å². The van der Waals surface area contributed by atoms with Crippen molar-refractivity contribution in [3.8, 4) is 28.6 Å². The molecule has 146 valence electrons. The topological polar surface area (TPSA) is 82.8 Å². The van der Waals surface area contributed by atoms with E-state index in [1.165, 1.54) is 7.11 Å². The number of methoxy groups -OCH3 is 3. The van der Waals surface area contributed by atoms with Crippen LogP contribution in [0.3, 0.4) is 0 Å². The lowest BCUT2D eigenvalue weighted by atomic mass is 10.1. The summed E-state index contributed by atoms with van der Waals surface area (Å²) in [4.78, 5) is 12.4. The summed E-state index contributed by atoms with van der Waals surface area (Å²) < 4.78 is 21.1. The molecular weight excluding hydrogens is 384 g/mol. The van der Waals surface area contributed by atoms with Gasteiger partial charge >= 0.3 is 0 Å². The molecule has 2 aromatic carbocycles. The van der Waals surface area contributed by atoms with E-state index >= 15 is 0 Å². The molecule has 1 N–H and O–H groups in total. The zero-order chi connectivity index (χ0) is 20.1. The summed E-state index contributed by atoms with van der Waals surface area (Å²) in [5, 5.41) is 7.23. The smallest absolute Gasteiger partial charge is 0.230 e. The number of anilines is 1. The third kappa shape index (κ3) is 4.37. The van der Waals surface area contributed by atoms with E-state index in [9.17, 15) is 4.79 Å². The summed E-state index contributed by atoms with van der Waals surface area (Å²) >= 11 is 5.98. The first kappa shape index (κ1) is 19.6. The average molecular weight is 403 g/mol. The van der Waals surface area contributed by atoms with E-state index in [2.05, 4.69) is 10.5 Å². The van der Waals surface area contributed by atoms with Gasteiger partial charge in [0.05, 0.1) is 39.1 Å². The maximum atomic E-state index is 12.4. The standard InChI is InChI=1S/C20H19ClN2O5/c1-25-16-7-5-13(21)9-15(16)22-20(24)11-14-10-18(28-23-14)12-4-6-17(26-2)19(8-12)27-3/h4-10H,11H2,1-3H3,(H,22,24). The second-order valence-electron chi connectivity index (χ2n) is 5.82. The number of benzene rings is 2. The van der Waals surface area contributed by atoms with Gasteiger partial charge in [-0.15, -0.1) is 0 Å². The molecule has 0 bridgehead atoms. The zero-order valence-corrected chi connectivity index (χ0v) is 16.4. The van der Waals surface area contributed by atoms with Crippen LogP contribution in [0.5, 0.6) is 17.2 Å². The predicted octanol–water partition coefficient (Wildman–Crippen LogP) is 4.20. The number of carbonyl (C=O) groups excluding carboxylic acids is 1. The van der Waals surface area contributed by atoms with Gasteiger partial charge in [-0.25, -0.2) is 0 Å². The lowest BCUT2D eigenvalue weighted by Crippen LogP contribution is -2.15. The highest BCUT2D eigenvalue weighted by Crippen LogP contribution is 2.32. The molecular formula is C20H19ClN2O5. The number of halogens is 1. The number of amides is 1. The van der Waals surface area contributed by atoms with Gasteiger partial charge < -0.3 is 24.1 Å². The molecule has 1 amide bonds. The van der Waals surface area contributed by atoms with E-state index in [1.54, 1.807) is 50.6 Å². The summed E-state index contributed by atoms with van der Waals surface area (Å²) in [5.74, 6) is 1.95. The Morgan fingerprint density at radius 1 is 1.00 bits per heavy atom. The molecule has 0 unspecified atom stereocenters. The summed E-state index contributed by atoms with van der Waals surface area (Å²) in [5.41, 5.74) is 1.74. The van der Waals surface area contributed by atoms with E-state index in [1.807, 2.05) is 6.07 Å². The molecule has 3 rings (SSSR count). The van der Waals surface area contributed by atoms with Crippen molar-refractivity contribution < 1.29 is 23.5 Å². The fraction of sp³-hybridized carbons (Fsp3) is 0.200. The Labute approximate surface area is 167 Å². The van der Waals surface area contributed by atoms with Crippen molar-refractivity contribution in [3.05, 3.63) is 53.2 Å². The Kier molecular flexibility index (Phi) is 6.06. The van der Waals surface area contributed by atoms with E-state index in [0.29, 0.717) is 39.4 Å². The number of hydrogen-bond donors (Lipinski definition) is 1. The third-order valence-electron chi connectivity index (χ3n) is 4.00. The molecule has 0 spiro atoms. The fourth-order valence-electron chi connectivity index (χ4n) is 2.66. The van der Waals surface area contributed by atoms with Crippen LogP contribution in [0.2, 0.25) is 5.02 Å². The maximum absolute atomic E-state index is 12.4. The van der Waals surface area contributed by atoms with Gasteiger partial charge in [-0.3, -0.25) is 4.79 Å². The Morgan fingerprint density at radius 2 is 1.71 bits per heavy atom. The molecule has 8 heteroatoms. The highest BCUT2D eigenvalue weighted by atomic mass is 35.5. The molecule has 0 radical (unpaired) electrons. The van der Waals surface area contributed by atoms with Crippen molar-refractivity contribution in [2.24, 2.45) is 0 Å². The van der Waals surface area contributed by atoms with Gasteiger partial charge in [0, 0.05) is 16.7 Å². The van der Waals surface area contributed by atoms with Gasteiger partial charge in [0.15, 0.2) is 17.3 Å². The van der Waals surface area contributed by atoms with Gasteiger partial charge in [-0.2, -0.15) is 0 Å². The molecule has 0 saturated carbocycles. The number of nitrogens with one attached hydrogen (secondary N) is 1. The number of aromatic nitrogens is 1. The minimum atomic E-state index is -0.271. The summed E-state index contributed by atoms with van der Waals surface area (Å²) in [6.45, 7) is 0. The van der Waals surface area contributed by atoms with Crippen LogP contribution in [0.15, 0.2) is 47.0 Å². The summed E-state index contributed by atoms with van der Waals surface area (Å²) in [7, 11) is 4.64. The molecule has 0 saturated heterocycles. The maximum Gasteiger partial charge on any atom is 0.230 e. The molecule has 1 heterocycles. The van der Waals surface area contributed by atoms with Crippen LogP contribution in [0.1, 0.15) is 5.69 Å². The fourth-order valence-corrected chi connectivity index (χ4v) is 2.83. The van der Waals surface area contributed by atoms with Crippen molar-refractivity contribution in [2.75, 3.05) is 26.6 Å². The van der Waals surface area contributed by atoms with Crippen molar-refractivity contribution >= 4 is 23.2 Å². The quantitative estimate of drug-likeness (QED) is 0.637. The Bertz CT molecular complexity index is 986. The minimum absolute atomic E-state index is 0.0342. The minimum Gasteiger partial charge on any atom is -0.495 e. The molecule has 0 aliphatic heterocycles. The van der Waals surface area contributed by atoms with E-state index in [4.69, 9.17) is 30.3 Å². The van der Waals surface area contributed by atoms with E-state index in [-0.39, 0.29) is 12.3 Å². The van der Waals surface area contributed by atoms with Crippen molar-refractivity contribution in [1.82, 2.24) is 5.16 Å². The first-order valence-electron chi connectivity index (χ1n) is 8.35. The average Bonchev–Trinajstić information content (AvgIpc) is 3.15. The molecule has 28 heavy (non-hydrogen) atoms. The van der Waals surface area contributed by atoms with Crippen LogP contribution in [0.4, 0.5) is 5.69 Å². The van der Waals surface area contributed by atoms with Crippen LogP contribution < -0.4 is 19.5 Å². The van der Waals surface area contributed by atoms with Gasteiger partial charge in [-0.1, -0.05) is 16.8 Å². The second-order valence-corrected chi connectivity index (χ2v) is 6.26. The number of nitrogens with zero attached hydrogens (tertiary/aromatic N) is 1. The van der Waals surface area contributed by atoms with Gasteiger partial charge in [0.2, 0.25) is 5.91 Å². The largest absolute Gasteiger partial charge is 0.495 e. The van der Waals surface area contributed by atoms with Crippen LogP contribution in [-0.4, -0.2) is 32.4 Å². The molecule has 3 aromatic rings. The van der Waals surface area contributed by atoms with Gasteiger partial charge in [0.1, 0.15) is 5.75 Å².